The molecule has 2 aromatic carbocycles. The molecule has 1 aromatic heterocycles. The van der Waals surface area contributed by atoms with Crippen molar-refractivity contribution in [2.45, 2.75) is 77.8 Å². The Morgan fingerprint density at radius 2 is 1.70 bits per heavy atom. The predicted molar refractivity (Wildman–Crippen MR) is 163 cm³/mol. The summed E-state index contributed by atoms with van der Waals surface area (Å²) in [5.74, 6) is -1.58. The van der Waals surface area contributed by atoms with E-state index in [0.29, 0.717) is 17.7 Å². The minimum absolute atomic E-state index is 0.00203. The van der Waals surface area contributed by atoms with Crippen molar-refractivity contribution < 1.29 is 26.9 Å². The first-order valence-electron chi connectivity index (χ1n) is 14.8. The summed E-state index contributed by atoms with van der Waals surface area (Å²) in [5, 5.41) is 6.49. The zero-order valence-corrected chi connectivity index (χ0v) is 26.2. The molecular weight excluding hydrogens is 571 g/mol. The number of nitrogens with one attached hydrogen (secondary N) is 2. The van der Waals surface area contributed by atoms with Gasteiger partial charge < -0.3 is 14.7 Å². The van der Waals surface area contributed by atoms with Crippen LogP contribution in [0.25, 0.3) is 11.1 Å². The molecule has 2 N–H and O–H groups in total. The number of aryl methyl sites for hydroxylation is 1. The molecule has 0 saturated heterocycles. The van der Waals surface area contributed by atoms with Gasteiger partial charge in [-0.15, -0.1) is 0 Å². The van der Waals surface area contributed by atoms with E-state index in [1.807, 2.05) is 39.8 Å². The van der Waals surface area contributed by atoms with Crippen LogP contribution in [0.3, 0.4) is 0 Å². The van der Waals surface area contributed by atoms with E-state index in [4.69, 9.17) is 4.52 Å². The van der Waals surface area contributed by atoms with Gasteiger partial charge in [-0.1, -0.05) is 88.2 Å². The summed E-state index contributed by atoms with van der Waals surface area (Å²) >= 11 is 0. The van der Waals surface area contributed by atoms with Crippen molar-refractivity contribution in [1.29, 1.82) is 0 Å². The fourth-order valence-corrected chi connectivity index (χ4v) is 6.69. The second-order valence-electron chi connectivity index (χ2n) is 12.0. The molecule has 232 valence electrons. The fourth-order valence-electron chi connectivity index (χ4n) is 5.47. The van der Waals surface area contributed by atoms with Crippen molar-refractivity contribution in [2.75, 3.05) is 11.3 Å². The average Bonchev–Trinajstić information content (AvgIpc) is 3.62. The van der Waals surface area contributed by atoms with Crippen LogP contribution in [0.5, 0.6) is 0 Å². The van der Waals surface area contributed by atoms with Gasteiger partial charge in [0.05, 0.1) is 4.90 Å². The van der Waals surface area contributed by atoms with E-state index in [1.165, 1.54) is 13.0 Å². The molecule has 1 atom stereocenters. The normalized spacial score (nSPS) is 14.7. The van der Waals surface area contributed by atoms with Crippen LogP contribution in [0.2, 0.25) is 0 Å². The highest BCUT2D eigenvalue weighted by Crippen LogP contribution is 2.32. The molecule has 11 heteroatoms. The first-order valence-corrected chi connectivity index (χ1v) is 16.3. The van der Waals surface area contributed by atoms with Gasteiger partial charge in [0, 0.05) is 24.6 Å². The monoisotopic (exact) mass is 612 g/mol. The quantitative estimate of drug-likeness (QED) is 0.263. The summed E-state index contributed by atoms with van der Waals surface area (Å²) in [6, 6.07) is 13.0. The summed E-state index contributed by atoms with van der Waals surface area (Å²) < 4.78 is 47.6. The van der Waals surface area contributed by atoms with Crippen LogP contribution in [-0.4, -0.2) is 42.9 Å². The highest BCUT2D eigenvalue weighted by Gasteiger charge is 2.36. The zero-order chi connectivity index (χ0) is 31.3. The Morgan fingerprint density at radius 3 is 2.28 bits per heavy atom. The third-order valence-electron chi connectivity index (χ3n) is 7.72. The average molecular weight is 613 g/mol. The Balaban J connectivity index is 1.62. The Bertz CT molecular complexity index is 1530. The SMILES string of the molecule is Cc1onc(NS(=O)(=O)c2ccccc2-c2ccc(CN(C(=O)C3CCCC3)[C@H](C(=O)NCC(C)C)C(C)C)cc2)c1F. The number of carbonyl (C=O) groups excluding carboxylic acids is 2. The molecule has 0 radical (unpaired) electrons. The van der Waals surface area contributed by atoms with Gasteiger partial charge >= 0.3 is 0 Å². The summed E-state index contributed by atoms with van der Waals surface area (Å²) in [7, 11) is -4.20. The lowest BCUT2D eigenvalue weighted by atomic mass is 9.96. The highest BCUT2D eigenvalue weighted by molar-refractivity contribution is 7.92. The van der Waals surface area contributed by atoms with E-state index in [9.17, 15) is 22.4 Å². The van der Waals surface area contributed by atoms with Crippen molar-refractivity contribution in [1.82, 2.24) is 15.4 Å². The standard InChI is InChI=1S/C32H41FN4O5S/c1-20(2)18-34-31(38)29(21(3)4)37(32(39)25-10-6-7-11-25)19-23-14-16-24(17-15-23)26-12-8-9-13-27(26)43(40,41)36-30-28(33)22(5)42-35-30/h8-9,12-17,20-21,25,29H,6-7,10-11,18-19H2,1-5H3,(H,34,38)(H,35,36)/t29-/m0/s1. The Kier molecular flexibility index (Phi) is 10.3. The maximum Gasteiger partial charge on any atom is 0.263 e. The second kappa shape index (κ2) is 13.7. The molecule has 0 bridgehead atoms. The van der Waals surface area contributed by atoms with Crippen molar-refractivity contribution in [3.05, 3.63) is 65.7 Å². The summed E-state index contributed by atoms with van der Waals surface area (Å²) in [5.41, 5.74) is 1.84. The number of rotatable bonds is 12. The molecule has 1 heterocycles. The van der Waals surface area contributed by atoms with Crippen LogP contribution < -0.4 is 10.0 Å². The Morgan fingerprint density at radius 1 is 1.05 bits per heavy atom. The van der Waals surface area contributed by atoms with Gasteiger partial charge in [-0.05, 0) is 48.8 Å². The molecule has 0 spiro atoms. The molecule has 3 aromatic rings. The molecule has 1 aliphatic carbocycles. The van der Waals surface area contributed by atoms with Gasteiger partial charge in [-0.3, -0.25) is 14.3 Å². The number of nitrogens with zero attached hydrogens (tertiary/aromatic N) is 2. The van der Waals surface area contributed by atoms with Crippen LogP contribution in [0.1, 0.15) is 64.7 Å². The topological polar surface area (TPSA) is 122 Å². The van der Waals surface area contributed by atoms with Crippen LogP contribution in [-0.2, 0) is 26.2 Å². The van der Waals surface area contributed by atoms with E-state index >= 15 is 0 Å². The number of hydrogen-bond acceptors (Lipinski definition) is 6. The third-order valence-corrected chi connectivity index (χ3v) is 9.12. The summed E-state index contributed by atoms with van der Waals surface area (Å²) in [4.78, 5) is 28.8. The number of hydrogen-bond donors (Lipinski definition) is 2. The Hall–Kier alpha value is -3.73. The van der Waals surface area contributed by atoms with Crippen molar-refractivity contribution in [2.24, 2.45) is 17.8 Å². The van der Waals surface area contributed by atoms with Crippen LogP contribution in [0.15, 0.2) is 57.9 Å². The van der Waals surface area contributed by atoms with E-state index in [0.717, 1.165) is 31.2 Å². The van der Waals surface area contributed by atoms with Gasteiger partial charge in [0.15, 0.2) is 5.76 Å². The summed E-state index contributed by atoms with van der Waals surface area (Å²) in [6.07, 6.45) is 3.66. The van der Waals surface area contributed by atoms with Gasteiger partial charge in [-0.2, -0.15) is 4.39 Å². The maximum atomic E-state index is 14.2. The van der Waals surface area contributed by atoms with Crippen LogP contribution >= 0.6 is 0 Å². The summed E-state index contributed by atoms with van der Waals surface area (Å²) in [6.45, 7) is 10.1. The molecule has 0 aliphatic heterocycles. The number of benzene rings is 2. The van der Waals surface area contributed by atoms with E-state index < -0.39 is 27.7 Å². The lowest BCUT2D eigenvalue weighted by Crippen LogP contribution is -2.53. The number of halogens is 1. The van der Waals surface area contributed by atoms with E-state index in [1.54, 1.807) is 35.2 Å². The fraction of sp³-hybridized carbons (Fsp3) is 0.469. The molecule has 1 fully saturated rings. The lowest BCUT2D eigenvalue weighted by molar-refractivity contribution is -0.146. The van der Waals surface area contributed by atoms with Gasteiger partial charge in [0.1, 0.15) is 6.04 Å². The zero-order valence-electron chi connectivity index (χ0n) is 25.4. The number of carbonyl (C=O) groups is 2. The molecular formula is C32H41FN4O5S. The first kappa shape index (κ1) is 32.2. The largest absolute Gasteiger partial charge is 0.356 e. The molecule has 4 rings (SSSR count). The first-order chi connectivity index (χ1) is 20.4. The molecule has 43 heavy (non-hydrogen) atoms. The maximum absolute atomic E-state index is 14.2. The second-order valence-corrected chi connectivity index (χ2v) is 13.6. The van der Waals surface area contributed by atoms with Gasteiger partial charge in [0.25, 0.3) is 10.0 Å². The third kappa shape index (κ3) is 7.62. The minimum Gasteiger partial charge on any atom is -0.356 e. The van der Waals surface area contributed by atoms with Crippen LogP contribution in [0, 0.1) is 30.5 Å². The number of sulfonamides is 1. The molecule has 1 aliphatic rings. The van der Waals surface area contributed by atoms with Crippen LogP contribution in [0.4, 0.5) is 10.2 Å². The number of anilines is 1. The molecule has 0 unspecified atom stereocenters. The predicted octanol–water partition coefficient (Wildman–Crippen LogP) is 5.91. The minimum atomic E-state index is -4.20. The van der Waals surface area contributed by atoms with Crippen molar-refractivity contribution in [3.8, 4) is 11.1 Å². The smallest absolute Gasteiger partial charge is 0.263 e. The number of amides is 2. The van der Waals surface area contributed by atoms with Crippen molar-refractivity contribution in [3.63, 3.8) is 0 Å². The molecule has 9 nitrogen and oxygen atoms in total. The van der Waals surface area contributed by atoms with Crippen molar-refractivity contribution >= 4 is 27.7 Å². The number of aromatic nitrogens is 1. The lowest BCUT2D eigenvalue weighted by Gasteiger charge is -2.35. The van der Waals surface area contributed by atoms with E-state index in [-0.39, 0.29) is 46.8 Å². The highest BCUT2D eigenvalue weighted by atomic mass is 32.2. The Labute approximate surface area is 253 Å². The van der Waals surface area contributed by atoms with Gasteiger partial charge in [-0.25, -0.2) is 8.42 Å². The van der Waals surface area contributed by atoms with Gasteiger partial charge in [0.2, 0.25) is 23.4 Å². The molecule has 1 saturated carbocycles. The van der Waals surface area contributed by atoms with E-state index in [2.05, 4.69) is 15.2 Å². The molecule has 2 amide bonds.